The second-order valence-electron chi connectivity index (χ2n) is 5.60. The molecule has 0 N–H and O–H groups in total. The summed E-state index contributed by atoms with van der Waals surface area (Å²) in [6.45, 7) is 6.23. The summed E-state index contributed by atoms with van der Waals surface area (Å²) in [5, 5.41) is 0.526. The molecule has 0 radical (unpaired) electrons. The molecule has 3 aromatic rings. The molecule has 0 unspecified atom stereocenters. The van der Waals surface area contributed by atoms with Crippen molar-refractivity contribution in [2.75, 3.05) is 0 Å². The van der Waals surface area contributed by atoms with Crippen molar-refractivity contribution in [3.63, 3.8) is 0 Å². The summed E-state index contributed by atoms with van der Waals surface area (Å²) in [7, 11) is 0. The van der Waals surface area contributed by atoms with Gasteiger partial charge in [-0.3, -0.25) is 0 Å². The lowest BCUT2D eigenvalue weighted by Gasteiger charge is -2.06. The molecule has 0 bridgehead atoms. The molecular formula is C18H17NO2. The van der Waals surface area contributed by atoms with Crippen molar-refractivity contribution in [2.24, 2.45) is 0 Å². The van der Waals surface area contributed by atoms with E-state index in [9.17, 15) is 4.79 Å². The molecule has 0 aliphatic rings. The van der Waals surface area contributed by atoms with Gasteiger partial charge in [0.25, 0.3) is 0 Å². The van der Waals surface area contributed by atoms with Crippen LogP contribution in [0, 0.1) is 6.92 Å². The third kappa shape index (κ3) is 2.59. The number of benzene rings is 2. The van der Waals surface area contributed by atoms with Gasteiger partial charge in [0.05, 0.1) is 10.9 Å². The third-order valence-corrected chi connectivity index (χ3v) is 3.61. The van der Waals surface area contributed by atoms with E-state index in [2.05, 4.69) is 18.8 Å². The van der Waals surface area contributed by atoms with Crippen LogP contribution in [0.5, 0.6) is 0 Å². The summed E-state index contributed by atoms with van der Waals surface area (Å²) < 4.78 is 5.37. The maximum absolute atomic E-state index is 12.1. The average Bonchev–Trinajstić information content (AvgIpc) is 2.48. The molecule has 3 rings (SSSR count). The Labute approximate surface area is 123 Å². The molecule has 0 aliphatic heterocycles. The van der Waals surface area contributed by atoms with Crippen molar-refractivity contribution in [2.45, 2.75) is 26.7 Å². The van der Waals surface area contributed by atoms with Crippen LogP contribution in [-0.4, -0.2) is 4.98 Å². The quantitative estimate of drug-likeness (QED) is 0.703. The first-order valence-corrected chi connectivity index (χ1v) is 7.06. The topological polar surface area (TPSA) is 43.1 Å². The van der Waals surface area contributed by atoms with Gasteiger partial charge >= 0.3 is 5.63 Å². The first-order valence-electron chi connectivity index (χ1n) is 7.06. The molecule has 0 aliphatic carbocycles. The first kappa shape index (κ1) is 13.6. The molecular weight excluding hydrogens is 262 g/mol. The lowest BCUT2D eigenvalue weighted by molar-refractivity contribution is 0.518. The van der Waals surface area contributed by atoms with E-state index in [1.165, 1.54) is 5.56 Å². The van der Waals surface area contributed by atoms with Crippen molar-refractivity contribution in [3.05, 3.63) is 64.0 Å². The Kier molecular flexibility index (Phi) is 3.34. The summed E-state index contributed by atoms with van der Waals surface area (Å²) in [5.74, 6) is 0.838. The SMILES string of the molecule is Cc1ccc2nc(-c3ccc(C(C)C)cc3)oc(=O)c2c1. The molecule has 106 valence electrons. The van der Waals surface area contributed by atoms with E-state index in [4.69, 9.17) is 4.42 Å². The van der Waals surface area contributed by atoms with E-state index in [1.54, 1.807) is 6.07 Å². The third-order valence-electron chi connectivity index (χ3n) is 3.61. The molecule has 1 heterocycles. The van der Waals surface area contributed by atoms with E-state index in [1.807, 2.05) is 43.3 Å². The smallest absolute Gasteiger partial charge is 0.347 e. The Balaban J connectivity index is 2.12. The Hall–Kier alpha value is -2.42. The summed E-state index contributed by atoms with van der Waals surface area (Å²) in [4.78, 5) is 16.5. The fraction of sp³-hybridized carbons (Fsp3) is 0.222. The largest absolute Gasteiger partial charge is 0.403 e. The highest BCUT2D eigenvalue weighted by atomic mass is 16.4. The lowest BCUT2D eigenvalue weighted by Crippen LogP contribution is -2.03. The van der Waals surface area contributed by atoms with Crippen LogP contribution in [-0.2, 0) is 0 Å². The van der Waals surface area contributed by atoms with Gasteiger partial charge in [-0.2, -0.15) is 0 Å². The van der Waals surface area contributed by atoms with Gasteiger partial charge in [-0.15, -0.1) is 0 Å². The van der Waals surface area contributed by atoms with Crippen molar-refractivity contribution in [3.8, 4) is 11.5 Å². The summed E-state index contributed by atoms with van der Waals surface area (Å²) in [6.07, 6.45) is 0. The summed E-state index contributed by atoms with van der Waals surface area (Å²) in [6, 6.07) is 13.6. The second-order valence-corrected chi connectivity index (χ2v) is 5.60. The van der Waals surface area contributed by atoms with Crippen molar-refractivity contribution >= 4 is 10.9 Å². The van der Waals surface area contributed by atoms with Crippen LogP contribution in [0.25, 0.3) is 22.4 Å². The Morgan fingerprint density at radius 1 is 1.05 bits per heavy atom. The molecule has 0 fully saturated rings. The fourth-order valence-corrected chi connectivity index (χ4v) is 2.32. The maximum Gasteiger partial charge on any atom is 0.347 e. The predicted octanol–water partition coefficient (Wildman–Crippen LogP) is 4.29. The number of aryl methyl sites for hydroxylation is 1. The van der Waals surface area contributed by atoms with Gasteiger partial charge in [-0.25, -0.2) is 9.78 Å². The van der Waals surface area contributed by atoms with Crippen LogP contribution in [0.2, 0.25) is 0 Å². The predicted molar refractivity (Wildman–Crippen MR) is 84.5 cm³/mol. The minimum absolute atomic E-state index is 0.341. The molecule has 0 saturated carbocycles. The first-order chi connectivity index (χ1) is 10.0. The molecule has 0 amide bonds. The van der Waals surface area contributed by atoms with Crippen LogP contribution in [0.15, 0.2) is 51.7 Å². The zero-order valence-corrected chi connectivity index (χ0v) is 12.4. The summed E-state index contributed by atoms with van der Waals surface area (Å²) in [5.41, 5.74) is 3.41. The van der Waals surface area contributed by atoms with Crippen molar-refractivity contribution in [1.82, 2.24) is 4.98 Å². The monoisotopic (exact) mass is 279 g/mol. The van der Waals surface area contributed by atoms with Crippen LogP contribution < -0.4 is 5.63 Å². The van der Waals surface area contributed by atoms with Gasteiger partial charge in [0.15, 0.2) is 0 Å². The van der Waals surface area contributed by atoms with Gasteiger partial charge < -0.3 is 4.42 Å². The zero-order chi connectivity index (χ0) is 15.0. The number of nitrogens with zero attached hydrogens (tertiary/aromatic N) is 1. The maximum atomic E-state index is 12.1. The van der Waals surface area contributed by atoms with Gasteiger partial charge in [-0.05, 0) is 42.7 Å². The van der Waals surface area contributed by atoms with Gasteiger partial charge in [0, 0.05) is 5.56 Å². The van der Waals surface area contributed by atoms with Crippen molar-refractivity contribution in [1.29, 1.82) is 0 Å². The van der Waals surface area contributed by atoms with E-state index >= 15 is 0 Å². The van der Waals surface area contributed by atoms with Crippen LogP contribution in [0.3, 0.4) is 0 Å². The average molecular weight is 279 g/mol. The minimum Gasteiger partial charge on any atom is -0.403 e. The van der Waals surface area contributed by atoms with Gasteiger partial charge in [0.1, 0.15) is 0 Å². The van der Waals surface area contributed by atoms with E-state index in [0.29, 0.717) is 22.7 Å². The van der Waals surface area contributed by atoms with E-state index in [0.717, 1.165) is 11.1 Å². The zero-order valence-electron chi connectivity index (χ0n) is 12.4. The Morgan fingerprint density at radius 2 is 1.76 bits per heavy atom. The molecule has 3 heteroatoms. The fourth-order valence-electron chi connectivity index (χ4n) is 2.32. The molecule has 3 nitrogen and oxygen atoms in total. The highest BCUT2D eigenvalue weighted by Gasteiger charge is 2.09. The molecule has 1 aromatic heterocycles. The minimum atomic E-state index is -0.341. The molecule has 0 saturated heterocycles. The normalized spacial score (nSPS) is 11.2. The van der Waals surface area contributed by atoms with Gasteiger partial charge in [0.2, 0.25) is 5.89 Å². The molecule has 0 atom stereocenters. The Morgan fingerprint density at radius 3 is 2.43 bits per heavy atom. The standard InChI is InChI=1S/C18H17NO2/c1-11(2)13-5-7-14(8-6-13)17-19-16-9-4-12(3)10-15(16)18(20)21-17/h4-11H,1-3H3. The van der Waals surface area contributed by atoms with Gasteiger partial charge in [-0.1, -0.05) is 37.6 Å². The highest BCUT2D eigenvalue weighted by molar-refractivity contribution is 5.79. The van der Waals surface area contributed by atoms with E-state index in [-0.39, 0.29) is 5.63 Å². The second kappa shape index (κ2) is 5.17. The number of fused-ring (bicyclic) bond motifs is 1. The van der Waals surface area contributed by atoms with Crippen LogP contribution in [0.4, 0.5) is 0 Å². The Bertz CT molecular complexity index is 845. The highest BCUT2D eigenvalue weighted by Crippen LogP contribution is 2.22. The number of aromatic nitrogens is 1. The molecule has 21 heavy (non-hydrogen) atoms. The van der Waals surface area contributed by atoms with E-state index < -0.39 is 0 Å². The van der Waals surface area contributed by atoms with Crippen LogP contribution in [0.1, 0.15) is 30.9 Å². The molecule has 0 spiro atoms. The number of rotatable bonds is 2. The number of hydrogen-bond acceptors (Lipinski definition) is 3. The molecule has 2 aromatic carbocycles. The van der Waals surface area contributed by atoms with Crippen molar-refractivity contribution < 1.29 is 4.42 Å². The number of hydrogen-bond donors (Lipinski definition) is 0. The lowest BCUT2D eigenvalue weighted by atomic mass is 10.0. The van der Waals surface area contributed by atoms with Crippen LogP contribution >= 0.6 is 0 Å². The summed E-state index contributed by atoms with van der Waals surface area (Å²) >= 11 is 0.